The summed E-state index contributed by atoms with van der Waals surface area (Å²) in [7, 11) is -3.90. The second-order valence-corrected chi connectivity index (χ2v) is 7.89. The van der Waals surface area contributed by atoms with E-state index >= 15 is 0 Å². The van der Waals surface area contributed by atoms with E-state index < -0.39 is 10.0 Å². The number of amides is 1. The van der Waals surface area contributed by atoms with E-state index in [2.05, 4.69) is 15.9 Å². The summed E-state index contributed by atoms with van der Waals surface area (Å²) < 4.78 is 23.9. The molecule has 0 saturated heterocycles. The summed E-state index contributed by atoms with van der Waals surface area (Å²) in [6, 6.07) is 3.19. The first-order valence-electron chi connectivity index (χ1n) is 6.51. The zero-order chi connectivity index (χ0) is 14.5. The van der Waals surface area contributed by atoms with Gasteiger partial charge in [0.15, 0.2) is 0 Å². The van der Waals surface area contributed by atoms with Gasteiger partial charge in [-0.05, 0) is 30.0 Å². The topological polar surface area (TPSA) is 80.5 Å². The average Bonchev–Trinajstić information content (AvgIpc) is 3.11. The number of sulfonamides is 1. The number of carbonyl (C=O) groups is 1. The van der Waals surface area contributed by atoms with E-state index in [9.17, 15) is 13.2 Å². The number of halogens is 1. The predicted molar refractivity (Wildman–Crippen MR) is 77.6 cm³/mol. The second kappa shape index (κ2) is 4.82. The number of nitrogens with two attached hydrogens (primary N) is 1. The van der Waals surface area contributed by atoms with Crippen molar-refractivity contribution in [3.63, 3.8) is 0 Å². The molecule has 0 spiro atoms. The lowest BCUT2D eigenvalue weighted by Crippen LogP contribution is -2.26. The maximum atomic E-state index is 12.4. The third kappa shape index (κ3) is 2.62. The molecule has 1 aromatic carbocycles. The molecule has 108 valence electrons. The largest absolute Gasteiger partial charge is 0.334 e. The Morgan fingerprint density at radius 2 is 2.05 bits per heavy atom. The molecule has 2 aliphatic rings. The van der Waals surface area contributed by atoms with Gasteiger partial charge in [-0.15, -0.1) is 0 Å². The summed E-state index contributed by atoms with van der Waals surface area (Å²) in [6.07, 6.45) is 3.47. The first-order valence-corrected chi connectivity index (χ1v) is 8.84. The Kier molecular flexibility index (Phi) is 3.38. The number of nitrogens with zero attached hydrogens (tertiary/aromatic N) is 1. The minimum atomic E-state index is -3.90. The molecule has 5 nitrogen and oxygen atoms in total. The molecular formula is C13H15BrN2O3S. The molecule has 20 heavy (non-hydrogen) atoms. The van der Waals surface area contributed by atoms with Gasteiger partial charge in [0.05, 0.1) is 10.5 Å². The summed E-state index contributed by atoms with van der Waals surface area (Å²) in [5.74, 6) is 0.508. The van der Waals surface area contributed by atoms with Crippen LogP contribution in [0.5, 0.6) is 0 Å². The third-order valence-electron chi connectivity index (χ3n) is 3.82. The minimum absolute atomic E-state index is 0.0826. The molecule has 0 radical (unpaired) electrons. The lowest BCUT2D eigenvalue weighted by molar-refractivity contribution is 0.0771. The number of hydrogen-bond acceptors (Lipinski definition) is 3. The van der Waals surface area contributed by atoms with Gasteiger partial charge < -0.3 is 4.90 Å². The van der Waals surface area contributed by atoms with Crippen LogP contribution in [0.25, 0.3) is 0 Å². The van der Waals surface area contributed by atoms with Crippen molar-refractivity contribution in [2.24, 2.45) is 11.1 Å². The number of carbonyl (C=O) groups excluding carboxylic acids is 1. The van der Waals surface area contributed by atoms with Crippen LogP contribution in [0.15, 0.2) is 21.5 Å². The van der Waals surface area contributed by atoms with E-state index in [4.69, 9.17) is 5.14 Å². The van der Waals surface area contributed by atoms with E-state index in [1.54, 1.807) is 11.0 Å². The molecule has 0 bridgehead atoms. The van der Waals surface area contributed by atoms with Gasteiger partial charge in [-0.3, -0.25) is 4.79 Å². The fourth-order valence-electron chi connectivity index (χ4n) is 2.59. The summed E-state index contributed by atoms with van der Waals surface area (Å²) in [5.41, 5.74) is 0.968. The molecule has 1 aliphatic heterocycles. The highest BCUT2D eigenvalue weighted by Crippen LogP contribution is 2.35. The van der Waals surface area contributed by atoms with Gasteiger partial charge in [-0.25, -0.2) is 13.6 Å². The molecule has 1 saturated carbocycles. The van der Waals surface area contributed by atoms with Crippen LogP contribution >= 0.6 is 15.9 Å². The van der Waals surface area contributed by atoms with Crippen molar-refractivity contribution < 1.29 is 13.2 Å². The summed E-state index contributed by atoms with van der Waals surface area (Å²) in [5, 5.41) is 5.22. The molecule has 2 N–H and O–H groups in total. The molecule has 7 heteroatoms. The Morgan fingerprint density at radius 1 is 1.35 bits per heavy atom. The smallest absolute Gasteiger partial charge is 0.255 e. The monoisotopic (exact) mass is 358 g/mol. The third-order valence-corrected chi connectivity index (χ3v) is 5.21. The molecule has 1 fully saturated rings. The molecule has 3 rings (SSSR count). The van der Waals surface area contributed by atoms with Crippen LogP contribution in [0.3, 0.4) is 0 Å². The lowest BCUT2D eigenvalue weighted by atomic mass is 10.1. The number of fused-ring (bicyclic) bond motifs is 1. The minimum Gasteiger partial charge on any atom is -0.334 e. The molecular weight excluding hydrogens is 344 g/mol. The van der Waals surface area contributed by atoms with Crippen molar-refractivity contribution in [3.05, 3.63) is 27.7 Å². The van der Waals surface area contributed by atoms with Crippen molar-refractivity contribution in [2.75, 3.05) is 6.54 Å². The van der Waals surface area contributed by atoms with E-state index in [1.165, 1.54) is 18.9 Å². The van der Waals surface area contributed by atoms with Gasteiger partial charge >= 0.3 is 0 Å². The molecule has 0 aromatic heterocycles. The van der Waals surface area contributed by atoms with Crippen LogP contribution in [0.4, 0.5) is 0 Å². The number of primary sulfonamides is 1. The highest BCUT2D eigenvalue weighted by Gasteiger charge is 2.34. The maximum Gasteiger partial charge on any atom is 0.255 e. The van der Waals surface area contributed by atoms with E-state index in [-0.39, 0.29) is 16.4 Å². The molecule has 0 unspecified atom stereocenters. The van der Waals surface area contributed by atoms with Crippen LogP contribution in [0, 0.1) is 5.92 Å². The normalized spacial score (nSPS) is 18.5. The standard InChI is InChI=1S/C13H15BrN2O3S/c14-10-5-9-7-16(4-3-8-1-2-8)13(17)12(9)11(6-10)20(15,18)19/h5-6,8H,1-4,7H2,(H2,15,18,19). The Hall–Kier alpha value is -0.920. The molecule has 1 aromatic rings. The van der Waals surface area contributed by atoms with Gasteiger partial charge in [0.2, 0.25) is 10.0 Å². The van der Waals surface area contributed by atoms with Crippen molar-refractivity contribution >= 4 is 31.9 Å². The SMILES string of the molecule is NS(=O)(=O)c1cc(Br)cc2c1C(=O)N(CCC1CC1)C2. The first kappa shape index (κ1) is 14.0. The summed E-state index contributed by atoms with van der Waals surface area (Å²) >= 11 is 3.27. The zero-order valence-corrected chi connectivity index (χ0v) is 13.2. The zero-order valence-electron chi connectivity index (χ0n) is 10.8. The van der Waals surface area contributed by atoms with E-state index in [0.717, 1.165) is 17.9 Å². The summed E-state index contributed by atoms with van der Waals surface area (Å²) in [4.78, 5) is 14.0. The van der Waals surface area contributed by atoms with Crippen molar-refractivity contribution in [1.29, 1.82) is 0 Å². The van der Waals surface area contributed by atoms with Crippen molar-refractivity contribution in [3.8, 4) is 0 Å². The van der Waals surface area contributed by atoms with Gasteiger partial charge in [-0.1, -0.05) is 28.8 Å². The number of benzene rings is 1. The van der Waals surface area contributed by atoms with Crippen molar-refractivity contribution in [2.45, 2.75) is 30.7 Å². The van der Waals surface area contributed by atoms with Gasteiger partial charge in [-0.2, -0.15) is 0 Å². The lowest BCUT2D eigenvalue weighted by Gasteiger charge is -2.15. The van der Waals surface area contributed by atoms with Crippen LogP contribution in [0.1, 0.15) is 35.2 Å². The van der Waals surface area contributed by atoms with Crippen LogP contribution in [0.2, 0.25) is 0 Å². The Bertz CT molecular complexity index is 683. The summed E-state index contributed by atoms with van der Waals surface area (Å²) in [6.45, 7) is 1.14. The fraction of sp³-hybridized carbons (Fsp3) is 0.462. The van der Waals surface area contributed by atoms with E-state index in [0.29, 0.717) is 17.6 Å². The number of hydrogen-bond donors (Lipinski definition) is 1. The van der Waals surface area contributed by atoms with Crippen LogP contribution < -0.4 is 5.14 Å². The molecule has 1 aliphatic carbocycles. The maximum absolute atomic E-state index is 12.4. The van der Waals surface area contributed by atoms with Gasteiger partial charge in [0, 0.05) is 17.6 Å². The van der Waals surface area contributed by atoms with Crippen molar-refractivity contribution in [1.82, 2.24) is 4.90 Å². The van der Waals surface area contributed by atoms with Gasteiger partial charge in [0.25, 0.3) is 5.91 Å². The Balaban J connectivity index is 1.95. The van der Waals surface area contributed by atoms with E-state index in [1.807, 2.05) is 0 Å². The highest BCUT2D eigenvalue weighted by molar-refractivity contribution is 9.10. The van der Waals surface area contributed by atoms with Gasteiger partial charge in [0.1, 0.15) is 0 Å². The Morgan fingerprint density at radius 3 is 2.65 bits per heavy atom. The first-order chi connectivity index (χ1) is 9.36. The van der Waals surface area contributed by atoms with Crippen LogP contribution in [-0.4, -0.2) is 25.8 Å². The predicted octanol–water partition coefficient (Wildman–Crippen LogP) is 1.85. The number of rotatable bonds is 4. The van der Waals surface area contributed by atoms with Crippen LogP contribution in [-0.2, 0) is 16.6 Å². The molecule has 1 heterocycles. The second-order valence-electron chi connectivity index (χ2n) is 5.44. The Labute approximate surface area is 126 Å². The molecule has 1 amide bonds. The molecule has 0 atom stereocenters. The average molecular weight is 359 g/mol. The fourth-order valence-corrected chi connectivity index (χ4v) is 4.04. The highest BCUT2D eigenvalue weighted by atomic mass is 79.9. The quantitative estimate of drug-likeness (QED) is 0.891.